The van der Waals surface area contributed by atoms with E-state index in [1.54, 1.807) is 6.92 Å². The first kappa shape index (κ1) is 16.1. The van der Waals surface area contributed by atoms with Gasteiger partial charge in [-0.15, -0.1) is 0 Å². The predicted octanol–water partition coefficient (Wildman–Crippen LogP) is 2.97. The van der Waals surface area contributed by atoms with E-state index in [0.717, 1.165) is 17.5 Å². The molecule has 2 N–H and O–H groups in total. The van der Waals surface area contributed by atoms with Crippen LogP contribution < -0.4 is 10.6 Å². The zero-order valence-electron chi connectivity index (χ0n) is 13.2. The third-order valence-electron chi connectivity index (χ3n) is 3.56. The van der Waals surface area contributed by atoms with Crippen molar-refractivity contribution in [3.8, 4) is 0 Å². The largest absolute Gasteiger partial charge is 0.463 e. The average molecular weight is 302 g/mol. The Balaban J connectivity index is 2.47. The number of urea groups is 1. The highest BCUT2D eigenvalue weighted by Gasteiger charge is 2.33. The molecule has 5 nitrogen and oxygen atoms in total. The summed E-state index contributed by atoms with van der Waals surface area (Å²) < 4.78 is 5.18. The van der Waals surface area contributed by atoms with Crippen LogP contribution in [0.2, 0.25) is 0 Å². The van der Waals surface area contributed by atoms with Crippen molar-refractivity contribution in [3.63, 3.8) is 0 Å². The zero-order chi connectivity index (χ0) is 16.1. The van der Waals surface area contributed by atoms with Gasteiger partial charge in [-0.05, 0) is 25.8 Å². The Morgan fingerprint density at radius 2 is 1.91 bits per heavy atom. The van der Waals surface area contributed by atoms with Crippen molar-refractivity contribution in [2.45, 2.75) is 39.7 Å². The van der Waals surface area contributed by atoms with Crippen LogP contribution in [0.5, 0.6) is 0 Å². The molecule has 1 aromatic carbocycles. The lowest BCUT2D eigenvalue weighted by atomic mass is 9.93. The summed E-state index contributed by atoms with van der Waals surface area (Å²) in [6, 6.07) is 7.01. The van der Waals surface area contributed by atoms with E-state index in [1.807, 2.05) is 38.1 Å². The standard InChI is InChI=1S/C17H22N2O3/c1-4-6-13-14(16(20)22-5-2)15(19-17(21)18-13)12-9-7-11(3)8-10-12/h7-10,15H,4-6H2,1-3H3,(H2,18,19,21). The summed E-state index contributed by atoms with van der Waals surface area (Å²) in [6.45, 7) is 6.07. The maximum absolute atomic E-state index is 12.4. The van der Waals surface area contributed by atoms with Gasteiger partial charge in [0.2, 0.25) is 0 Å². The number of carbonyl (C=O) groups excluding carboxylic acids is 2. The number of rotatable bonds is 5. The minimum absolute atomic E-state index is 0.290. The van der Waals surface area contributed by atoms with Gasteiger partial charge in [0.15, 0.2) is 0 Å². The molecule has 0 saturated carbocycles. The number of hydrogen-bond donors (Lipinski definition) is 2. The van der Waals surface area contributed by atoms with Crippen LogP contribution in [0.15, 0.2) is 35.5 Å². The van der Waals surface area contributed by atoms with E-state index in [1.165, 1.54) is 0 Å². The molecule has 1 unspecified atom stereocenters. The zero-order valence-corrected chi connectivity index (χ0v) is 13.2. The van der Waals surface area contributed by atoms with Crippen molar-refractivity contribution < 1.29 is 14.3 Å². The number of benzene rings is 1. The molecule has 0 bridgehead atoms. The summed E-state index contributed by atoms with van der Waals surface area (Å²) >= 11 is 0. The fraction of sp³-hybridized carbons (Fsp3) is 0.412. The fourth-order valence-electron chi connectivity index (χ4n) is 2.52. The van der Waals surface area contributed by atoms with Gasteiger partial charge in [-0.2, -0.15) is 0 Å². The Bertz CT molecular complexity index is 590. The van der Waals surface area contributed by atoms with E-state index in [-0.39, 0.29) is 12.0 Å². The monoisotopic (exact) mass is 302 g/mol. The first-order chi connectivity index (χ1) is 10.6. The highest BCUT2D eigenvalue weighted by molar-refractivity contribution is 5.95. The van der Waals surface area contributed by atoms with Crippen LogP contribution in [-0.4, -0.2) is 18.6 Å². The first-order valence-corrected chi connectivity index (χ1v) is 7.61. The Kier molecular flexibility index (Phi) is 5.20. The molecule has 0 aliphatic carbocycles. The Morgan fingerprint density at radius 1 is 1.23 bits per heavy atom. The first-order valence-electron chi connectivity index (χ1n) is 7.61. The molecular weight excluding hydrogens is 280 g/mol. The Morgan fingerprint density at radius 3 is 2.50 bits per heavy atom. The summed E-state index contributed by atoms with van der Waals surface area (Å²) in [5.41, 5.74) is 3.14. The molecule has 0 spiro atoms. The second kappa shape index (κ2) is 7.11. The number of aryl methyl sites for hydroxylation is 1. The van der Waals surface area contributed by atoms with E-state index in [2.05, 4.69) is 10.6 Å². The lowest BCUT2D eigenvalue weighted by molar-refractivity contribution is -0.139. The van der Waals surface area contributed by atoms with Crippen LogP contribution >= 0.6 is 0 Å². The van der Waals surface area contributed by atoms with Gasteiger partial charge in [-0.25, -0.2) is 9.59 Å². The van der Waals surface area contributed by atoms with Crippen molar-refractivity contribution in [2.75, 3.05) is 6.61 Å². The van der Waals surface area contributed by atoms with Crippen molar-refractivity contribution >= 4 is 12.0 Å². The molecule has 1 aliphatic heterocycles. The predicted molar refractivity (Wildman–Crippen MR) is 84.2 cm³/mol. The molecule has 1 heterocycles. The van der Waals surface area contributed by atoms with E-state index >= 15 is 0 Å². The molecule has 2 amide bonds. The highest BCUT2D eigenvalue weighted by atomic mass is 16.5. The van der Waals surface area contributed by atoms with Crippen molar-refractivity contribution in [1.29, 1.82) is 0 Å². The molecule has 22 heavy (non-hydrogen) atoms. The molecule has 0 radical (unpaired) electrons. The van der Waals surface area contributed by atoms with E-state index in [4.69, 9.17) is 4.74 Å². The minimum Gasteiger partial charge on any atom is -0.463 e. The molecule has 1 aromatic rings. The Hall–Kier alpha value is -2.30. The van der Waals surface area contributed by atoms with Crippen molar-refractivity contribution in [1.82, 2.24) is 10.6 Å². The fourth-order valence-corrected chi connectivity index (χ4v) is 2.52. The molecule has 2 rings (SSSR count). The number of nitrogens with one attached hydrogen (secondary N) is 2. The van der Waals surface area contributed by atoms with Crippen LogP contribution in [0, 0.1) is 6.92 Å². The van der Waals surface area contributed by atoms with E-state index in [9.17, 15) is 9.59 Å². The van der Waals surface area contributed by atoms with Gasteiger partial charge in [0.25, 0.3) is 0 Å². The molecule has 118 valence electrons. The van der Waals surface area contributed by atoms with Crippen LogP contribution in [-0.2, 0) is 9.53 Å². The third kappa shape index (κ3) is 3.47. The van der Waals surface area contributed by atoms with Crippen LogP contribution in [0.4, 0.5) is 4.79 Å². The molecule has 0 aromatic heterocycles. The van der Waals surface area contributed by atoms with Crippen LogP contribution in [0.25, 0.3) is 0 Å². The van der Waals surface area contributed by atoms with Crippen molar-refractivity contribution in [2.24, 2.45) is 0 Å². The molecule has 5 heteroatoms. The third-order valence-corrected chi connectivity index (χ3v) is 3.56. The molecule has 0 fully saturated rings. The van der Waals surface area contributed by atoms with E-state index < -0.39 is 6.04 Å². The summed E-state index contributed by atoms with van der Waals surface area (Å²) in [6.07, 6.45) is 1.46. The minimum atomic E-state index is -0.477. The molecular formula is C17H22N2O3. The van der Waals surface area contributed by atoms with Gasteiger partial charge < -0.3 is 15.4 Å². The number of carbonyl (C=O) groups is 2. The maximum Gasteiger partial charge on any atom is 0.338 e. The average Bonchev–Trinajstić information content (AvgIpc) is 2.48. The summed E-state index contributed by atoms with van der Waals surface area (Å²) in [4.78, 5) is 24.3. The second-order valence-electron chi connectivity index (χ2n) is 5.30. The van der Waals surface area contributed by atoms with Gasteiger partial charge in [0.05, 0.1) is 18.2 Å². The van der Waals surface area contributed by atoms with Crippen molar-refractivity contribution in [3.05, 3.63) is 46.7 Å². The summed E-state index contributed by atoms with van der Waals surface area (Å²) in [5.74, 6) is -0.385. The SMILES string of the molecule is CCCC1=C(C(=O)OCC)C(c2ccc(C)cc2)NC(=O)N1. The molecule has 1 atom stereocenters. The lowest BCUT2D eigenvalue weighted by Gasteiger charge is -2.29. The number of allylic oxidation sites excluding steroid dienone is 1. The van der Waals surface area contributed by atoms with Crippen LogP contribution in [0.3, 0.4) is 0 Å². The summed E-state index contributed by atoms with van der Waals surface area (Å²) in [7, 11) is 0. The van der Waals surface area contributed by atoms with Crippen LogP contribution in [0.1, 0.15) is 43.9 Å². The Labute approximate surface area is 130 Å². The number of amides is 2. The lowest BCUT2D eigenvalue weighted by Crippen LogP contribution is -2.46. The molecule has 1 aliphatic rings. The molecule has 0 saturated heterocycles. The highest BCUT2D eigenvalue weighted by Crippen LogP contribution is 2.29. The number of hydrogen-bond acceptors (Lipinski definition) is 3. The van der Waals surface area contributed by atoms with Gasteiger partial charge in [-0.1, -0.05) is 43.2 Å². The smallest absolute Gasteiger partial charge is 0.338 e. The number of ether oxygens (including phenoxy) is 1. The van der Waals surface area contributed by atoms with Gasteiger partial charge in [0, 0.05) is 5.70 Å². The van der Waals surface area contributed by atoms with E-state index in [0.29, 0.717) is 24.3 Å². The van der Waals surface area contributed by atoms with Gasteiger partial charge in [-0.3, -0.25) is 0 Å². The second-order valence-corrected chi connectivity index (χ2v) is 5.30. The summed E-state index contributed by atoms with van der Waals surface area (Å²) in [5, 5.41) is 5.57. The topological polar surface area (TPSA) is 67.4 Å². The normalized spacial score (nSPS) is 17.8. The maximum atomic E-state index is 12.4. The number of esters is 1. The van der Waals surface area contributed by atoms with Gasteiger partial charge in [0.1, 0.15) is 0 Å². The van der Waals surface area contributed by atoms with Gasteiger partial charge >= 0.3 is 12.0 Å². The quantitative estimate of drug-likeness (QED) is 0.822.